The van der Waals surface area contributed by atoms with Crippen LogP contribution in [0.15, 0.2) is 72.8 Å². The van der Waals surface area contributed by atoms with Crippen LogP contribution in [0.25, 0.3) is 11.1 Å². The minimum absolute atomic E-state index is 0.589. The van der Waals surface area contributed by atoms with Gasteiger partial charge in [0, 0.05) is 24.8 Å². The van der Waals surface area contributed by atoms with Crippen molar-refractivity contribution >= 4 is 5.69 Å². The van der Waals surface area contributed by atoms with Crippen LogP contribution < -0.4 is 9.64 Å². The molecular weight excluding hydrogens is 380 g/mol. The highest BCUT2D eigenvalue weighted by atomic mass is 16.5. The molecule has 3 aromatic rings. The first-order valence-corrected chi connectivity index (χ1v) is 11.4. The van der Waals surface area contributed by atoms with Crippen LogP contribution in [0.2, 0.25) is 0 Å². The Kier molecular flexibility index (Phi) is 6.93. The highest BCUT2D eigenvalue weighted by Gasteiger charge is 2.24. The second kappa shape index (κ2) is 10.0. The molecule has 4 rings (SSSR count). The maximum Gasteiger partial charge on any atom is 0.121 e. The van der Waals surface area contributed by atoms with Crippen molar-refractivity contribution in [2.24, 2.45) is 5.92 Å². The number of hydrogen-bond acceptors (Lipinski definition) is 3. The quantitative estimate of drug-likeness (QED) is 0.457. The highest BCUT2D eigenvalue weighted by molar-refractivity contribution is 5.63. The fourth-order valence-corrected chi connectivity index (χ4v) is 4.41. The smallest absolute Gasteiger partial charge is 0.121 e. The zero-order chi connectivity index (χ0) is 21.6. The molecule has 3 aromatic carbocycles. The van der Waals surface area contributed by atoms with E-state index in [9.17, 15) is 0 Å². The van der Waals surface area contributed by atoms with Crippen molar-refractivity contribution in [3.8, 4) is 16.9 Å². The van der Waals surface area contributed by atoms with Gasteiger partial charge in [-0.2, -0.15) is 0 Å². The molecule has 1 heterocycles. The lowest BCUT2D eigenvalue weighted by Crippen LogP contribution is -2.36. The van der Waals surface area contributed by atoms with Crippen LogP contribution in [-0.4, -0.2) is 38.6 Å². The highest BCUT2D eigenvalue weighted by Crippen LogP contribution is 2.34. The molecule has 0 saturated carbocycles. The van der Waals surface area contributed by atoms with E-state index in [1.807, 2.05) is 6.07 Å². The van der Waals surface area contributed by atoms with Gasteiger partial charge < -0.3 is 14.5 Å². The molecule has 0 saturated heterocycles. The summed E-state index contributed by atoms with van der Waals surface area (Å²) in [5.41, 5.74) is 6.47. The minimum Gasteiger partial charge on any atom is -0.489 e. The molecule has 3 heteroatoms. The third kappa shape index (κ3) is 5.48. The monoisotopic (exact) mass is 414 g/mol. The second-order valence-electron chi connectivity index (χ2n) is 8.84. The van der Waals surface area contributed by atoms with E-state index in [2.05, 4.69) is 97.5 Å². The van der Waals surface area contributed by atoms with E-state index in [0.717, 1.165) is 31.3 Å². The van der Waals surface area contributed by atoms with Gasteiger partial charge in [0.25, 0.3) is 0 Å². The van der Waals surface area contributed by atoms with E-state index in [1.54, 1.807) is 0 Å². The molecule has 0 spiro atoms. The van der Waals surface area contributed by atoms with Crippen LogP contribution in [0.4, 0.5) is 5.69 Å². The predicted octanol–water partition coefficient (Wildman–Crippen LogP) is 5.88. The van der Waals surface area contributed by atoms with Crippen molar-refractivity contribution in [1.29, 1.82) is 0 Å². The number of rotatable bonds is 8. The van der Waals surface area contributed by atoms with Crippen molar-refractivity contribution in [1.82, 2.24) is 4.90 Å². The molecule has 0 radical (unpaired) electrons. The largest absolute Gasteiger partial charge is 0.489 e. The summed E-state index contributed by atoms with van der Waals surface area (Å²) in [6, 6.07) is 25.8. The molecule has 3 nitrogen and oxygen atoms in total. The average Bonchev–Trinajstić information content (AvgIpc) is 2.81. The standard InChI is InChI=1S/C28H34N2O/c1-4-30-20-23(16-17-29(2)3)18-26-14-15-27(19-28(26)30)31-21-22-10-12-25(13-11-22)24-8-6-5-7-9-24/h5-15,19,23H,4,16-18,20-21H2,1-3H3. The van der Waals surface area contributed by atoms with Gasteiger partial charge in [0.2, 0.25) is 0 Å². The van der Waals surface area contributed by atoms with Crippen molar-refractivity contribution < 1.29 is 4.74 Å². The molecule has 31 heavy (non-hydrogen) atoms. The molecule has 1 aliphatic rings. The van der Waals surface area contributed by atoms with Crippen LogP contribution in [0.5, 0.6) is 5.75 Å². The van der Waals surface area contributed by atoms with E-state index in [0.29, 0.717) is 6.61 Å². The topological polar surface area (TPSA) is 15.7 Å². The number of nitrogens with zero attached hydrogens (tertiary/aromatic N) is 2. The summed E-state index contributed by atoms with van der Waals surface area (Å²) in [7, 11) is 4.32. The van der Waals surface area contributed by atoms with Gasteiger partial charge in [-0.15, -0.1) is 0 Å². The van der Waals surface area contributed by atoms with E-state index in [-0.39, 0.29) is 0 Å². The number of fused-ring (bicyclic) bond motifs is 1. The third-order valence-corrected chi connectivity index (χ3v) is 6.22. The van der Waals surface area contributed by atoms with Crippen LogP contribution in [0.3, 0.4) is 0 Å². The van der Waals surface area contributed by atoms with Gasteiger partial charge in [0.1, 0.15) is 12.4 Å². The Balaban J connectivity index is 1.40. The van der Waals surface area contributed by atoms with Crippen molar-refractivity contribution in [2.75, 3.05) is 38.6 Å². The molecule has 0 aromatic heterocycles. The van der Waals surface area contributed by atoms with Crippen LogP contribution in [0.1, 0.15) is 24.5 Å². The summed E-state index contributed by atoms with van der Waals surface area (Å²) >= 11 is 0. The van der Waals surface area contributed by atoms with Crippen LogP contribution in [0, 0.1) is 5.92 Å². The molecule has 1 aliphatic heterocycles. The van der Waals surface area contributed by atoms with Crippen LogP contribution >= 0.6 is 0 Å². The summed E-state index contributed by atoms with van der Waals surface area (Å²) in [5.74, 6) is 1.68. The van der Waals surface area contributed by atoms with Gasteiger partial charge in [-0.25, -0.2) is 0 Å². The SMILES string of the molecule is CCN1CC(CCN(C)C)Cc2ccc(OCc3ccc(-c4ccccc4)cc3)cc21. The molecule has 0 bridgehead atoms. The van der Waals surface area contributed by atoms with E-state index >= 15 is 0 Å². The molecule has 0 N–H and O–H groups in total. The van der Waals surface area contributed by atoms with Gasteiger partial charge >= 0.3 is 0 Å². The lowest BCUT2D eigenvalue weighted by molar-refractivity contribution is 0.305. The molecule has 0 aliphatic carbocycles. The zero-order valence-electron chi connectivity index (χ0n) is 19.1. The van der Waals surface area contributed by atoms with E-state index in [1.165, 1.54) is 40.8 Å². The van der Waals surface area contributed by atoms with Crippen LogP contribution in [-0.2, 0) is 13.0 Å². The normalized spacial score (nSPS) is 15.7. The number of anilines is 1. The van der Waals surface area contributed by atoms with Crippen molar-refractivity contribution in [3.63, 3.8) is 0 Å². The Bertz CT molecular complexity index is 966. The number of benzene rings is 3. The Labute approximate surface area is 187 Å². The summed E-state index contributed by atoms with van der Waals surface area (Å²) in [4.78, 5) is 4.80. The Morgan fingerprint density at radius 3 is 2.39 bits per heavy atom. The van der Waals surface area contributed by atoms with Crippen molar-refractivity contribution in [3.05, 3.63) is 83.9 Å². The molecular formula is C28H34N2O. The molecule has 1 atom stereocenters. The first kappa shape index (κ1) is 21.5. The lowest BCUT2D eigenvalue weighted by Gasteiger charge is -2.36. The van der Waals surface area contributed by atoms with Gasteiger partial charge in [0.15, 0.2) is 0 Å². The second-order valence-corrected chi connectivity index (χ2v) is 8.84. The summed E-state index contributed by atoms with van der Waals surface area (Å²) < 4.78 is 6.17. The fourth-order valence-electron chi connectivity index (χ4n) is 4.41. The minimum atomic E-state index is 0.589. The maximum absolute atomic E-state index is 6.17. The van der Waals surface area contributed by atoms with Gasteiger partial charge in [-0.3, -0.25) is 0 Å². The Hall–Kier alpha value is -2.78. The molecule has 0 fully saturated rings. The van der Waals surface area contributed by atoms with Gasteiger partial charge in [-0.05, 0) is 74.6 Å². The summed E-state index contributed by atoms with van der Waals surface area (Å²) in [5, 5.41) is 0. The maximum atomic E-state index is 6.17. The predicted molar refractivity (Wildman–Crippen MR) is 131 cm³/mol. The number of hydrogen-bond donors (Lipinski definition) is 0. The summed E-state index contributed by atoms with van der Waals surface area (Å²) in [6.07, 6.45) is 2.42. The first-order valence-electron chi connectivity index (χ1n) is 11.4. The zero-order valence-corrected chi connectivity index (χ0v) is 19.1. The summed E-state index contributed by atoms with van der Waals surface area (Å²) in [6.45, 7) is 6.17. The first-order chi connectivity index (χ1) is 15.1. The third-order valence-electron chi connectivity index (χ3n) is 6.22. The van der Waals surface area contributed by atoms with E-state index < -0.39 is 0 Å². The van der Waals surface area contributed by atoms with Crippen molar-refractivity contribution in [2.45, 2.75) is 26.4 Å². The molecule has 162 valence electrons. The van der Waals surface area contributed by atoms with E-state index in [4.69, 9.17) is 4.74 Å². The Morgan fingerprint density at radius 1 is 0.935 bits per heavy atom. The fraction of sp³-hybridized carbons (Fsp3) is 0.357. The molecule has 1 unspecified atom stereocenters. The molecule has 0 amide bonds. The van der Waals surface area contributed by atoms with Gasteiger partial charge in [0.05, 0.1) is 0 Å². The average molecular weight is 415 g/mol. The number of ether oxygens (including phenoxy) is 1. The Morgan fingerprint density at radius 2 is 1.68 bits per heavy atom. The van der Waals surface area contributed by atoms with Gasteiger partial charge in [-0.1, -0.05) is 60.7 Å². The lowest BCUT2D eigenvalue weighted by atomic mass is 9.90.